The molecule has 0 aliphatic rings. The van der Waals surface area contributed by atoms with Crippen LogP contribution in [0.5, 0.6) is 0 Å². The molecule has 17 heavy (non-hydrogen) atoms. The molecule has 2 rings (SSSR count). The van der Waals surface area contributed by atoms with Crippen molar-refractivity contribution in [1.29, 1.82) is 0 Å². The molecule has 84 valence electrons. The van der Waals surface area contributed by atoms with E-state index in [-0.39, 0.29) is 5.78 Å². The molecule has 0 saturated heterocycles. The van der Waals surface area contributed by atoms with Gasteiger partial charge in [-0.25, -0.2) is 0 Å². The van der Waals surface area contributed by atoms with Crippen molar-refractivity contribution in [2.24, 2.45) is 0 Å². The van der Waals surface area contributed by atoms with E-state index in [0.717, 1.165) is 5.56 Å². The number of hydrogen-bond acceptors (Lipinski definition) is 2. The lowest BCUT2D eigenvalue weighted by atomic mass is 9.98. The second-order valence-corrected chi connectivity index (χ2v) is 3.90. The minimum Gasteiger partial charge on any atom is -0.298 e. The highest BCUT2D eigenvalue weighted by Crippen LogP contribution is 2.13. The van der Waals surface area contributed by atoms with E-state index in [1.165, 1.54) is 0 Å². The second kappa shape index (κ2) is 4.74. The van der Waals surface area contributed by atoms with Crippen LogP contribution < -0.4 is 0 Å². The molecule has 0 heterocycles. The summed E-state index contributed by atoms with van der Waals surface area (Å²) in [4.78, 5) is 23.0. The maximum Gasteiger partial charge on any atom is 0.193 e. The third kappa shape index (κ3) is 2.31. The second-order valence-electron chi connectivity index (χ2n) is 3.90. The summed E-state index contributed by atoms with van der Waals surface area (Å²) in [5.74, 6) is -0.118. The molecule has 0 aliphatic carbocycles. The predicted octanol–water partition coefficient (Wildman–Crippen LogP) is 3.04. The molecule has 0 bridgehead atoms. The predicted molar refractivity (Wildman–Crippen MR) is 66.4 cm³/mol. The number of hydrogen-bond donors (Lipinski definition) is 0. The summed E-state index contributed by atoms with van der Waals surface area (Å²) in [5.41, 5.74) is 2.58. The first kappa shape index (κ1) is 11.3. The first-order chi connectivity index (χ1) is 8.22. The van der Waals surface area contributed by atoms with Crippen LogP contribution in [0.2, 0.25) is 0 Å². The minimum atomic E-state index is -0.118. The molecule has 0 N–H and O–H groups in total. The van der Waals surface area contributed by atoms with Crippen LogP contribution in [0, 0.1) is 6.92 Å². The first-order valence-corrected chi connectivity index (χ1v) is 5.38. The summed E-state index contributed by atoms with van der Waals surface area (Å²) in [6, 6.07) is 14.1. The Kier molecular flexibility index (Phi) is 3.15. The number of ketones is 1. The maximum atomic E-state index is 12.2. The van der Waals surface area contributed by atoms with Crippen LogP contribution in [-0.4, -0.2) is 12.1 Å². The Labute approximate surface area is 99.9 Å². The van der Waals surface area contributed by atoms with Crippen LogP contribution in [0.3, 0.4) is 0 Å². The summed E-state index contributed by atoms with van der Waals surface area (Å²) in [5, 5.41) is 0. The number of benzene rings is 2. The van der Waals surface area contributed by atoms with Crippen molar-refractivity contribution in [2.45, 2.75) is 6.92 Å². The fourth-order valence-electron chi connectivity index (χ4n) is 1.67. The van der Waals surface area contributed by atoms with E-state index in [2.05, 4.69) is 0 Å². The molecule has 0 radical (unpaired) electrons. The number of aldehydes is 1. The van der Waals surface area contributed by atoms with E-state index in [4.69, 9.17) is 0 Å². The maximum absolute atomic E-state index is 12.2. The van der Waals surface area contributed by atoms with E-state index in [0.29, 0.717) is 23.0 Å². The summed E-state index contributed by atoms with van der Waals surface area (Å²) in [6.45, 7) is 1.97. The van der Waals surface area contributed by atoms with Gasteiger partial charge >= 0.3 is 0 Å². The Morgan fingerprint density at radius 3 is 2.29 bits per heavy atom. The van der Waals surface area contributed by atoms with E-state index in [1.54, 1.807) is 36.4 Å². The zero-order chi connectivity index (χ0) is 12.3. The average molecular weight is 224 g/mol. The van der Waals surface area contributed by atoms with Crippen molar-refractivity contribution < 1.29 is 9.59 Å². The zero-order valence-electron chi connectivity index (χ0n) is 9.51. The Hall–Kier alpha value is -2.22. The summed E-state index contributed by atoms with van der Waals surface area (Å²) >= 11 is 0. The van der Waals surface area contributed by atoms with Gasteiger partial charge in [-0.1, -0.05) is 54.1 Å². The lowest BCUT2D eigenvalue weighted by Gasteiger charge is -2.04. The molecule has 2 aromatic carbocycles. The van der Waals surface area contributed by atoms with Gasteiger partial charge < -0.3 is 0 Å². The van der Waals surface area contributed by atoms with Crippen molar-refractivity contribution in [3.8, 4) is 0 Å². The van der Waals surface area contributed by atoms with Crippen LogP contribution >= 0.6 is 0 Å². The van der Waals surface area contributed by atoms with Crippen molar-refractivity contribution >= 4 is 12.1 Å². The number of aryl methyl sites for hydroxylation is 1. The third-order valence-corrected chi connectivity index (χ3v) is 2.65. The van der Waals surface area contributed by atoms with E-state index >= 15 is 0 Å². The molecule has 0 aromatic heterocycles. The molecule has 2 nitrogen and oxygen atoms in total. The van der Waals surface area contributed by atoms with Crippen molar-refractivity contribution in [3.63, 3.8) is 0 Å². The van der Waals surface area contributed by atoms with E-state index in [1.807, 2.05) is 19.1 Å². The Balaban J connectivity index is 2.43. The van der Waals surface area contributed by atoms with E-state index < -0.39 is 0 Å². The van der Waals surface area contributed by atoms with Crippen molar-refractivity contribution in [2.75, 3.05) is 0 Å². The highest BCUT2D eigenvalue weighted by Gasteiger charge is 2.12. The molecule has 0 spiro atoms. The number of carbonyl (C=O) groups is 2. The zero-order valence-corrected chi connectivity index (χ0v) is 9.51. The standard InChI is InChI=1S/C15H12O2/c1-11-6-8-12(9-7-11)15(17)14-5-3-2-4-13(14)10-16/h2-10H,1H3. The fraction of sp³-hybridized carbons (Fsp3) is 0.0667. The molecular weight excluding hydrogens is 212 g/mol. The normalized spacial score (nSPS) is 9.94. The molecule has 0 atom stereocenters. The summed E-state index contributed by atoms with van der Waals surface area (Å²) in [7, 11) is 0. The van der Waals surface area contributed by atoms with Crippen molar-refractivity contribution in [1.82, 2.24) is 0 Å². The van der Waals surface area contributed by atoms with Gasteiger partial charge in [-0.15, -0.1) is 0 Å². The Bertz CT molecular complexity index is 553. The Morgan fingerprint density at radius 1 is 1.00 bits per heavy atom. The average Bonchev–Trinajstić information content (AvgIpc) is 2.39. The number of carbonyl (C=O) groups excluding carboxylic acids is 2. The molecule has 0 aliphatic heterocycles. The smallest absolute Gasteiger partial charge is 0.193 e. The van der Waals surface area contributed by atoms with Gasteiger partial charge in [0.25, 0.3) is 0 Å². The van der Waals surface area contributed by atoms with Gasteiger partial charge in [0.2, 0.25) is 0 Å². The lowest BCUT2D eigenvalue weighted by molar-refractivity contribution is 0.102. The van der Waals surface area contributed by atoms with Crippen LogP contribution in [0.4, 0.5) is 0 Å². The minimum absolute atomic E-state index is 0.118. The van der Waals surface area contributed by atoms with Gasteiger partial charge in [0.05, 0.1) is 0 Å². The number of rotatable bonds is 3. The molecule has 2 aromatic rings. The van der Waals surface area contributed by atoms with Crippen LogP contribution in [0.1, 0.15) is 31.8 Å². The van der Waals surface area contributed by atoms with Crippen LogP contribution in [0.15, 0.2) is 48.5 Å². The molecule has 0 unspecified atom stereocenters. The molecular formula is C15H12O2. The SMILES string of the molecule is Cc1ccc(C(=O)c2ccccc2C=O)cc1. The summed E-state index contributed by atoms with van der Waals surface area (Å²) in [6.07, 6.45) is 0.710. The van der Waals surface area contributed by atoms with Gasteiger partial charge in [-0.05, 0) is 6.92 Å². The molecule has 0 saturated carbocycles. The fourth-order valence-corrected chi connectivity index (χ4v) is 1.67. The van der Waals surface area contributed by atoms with Crippen LogP contribution in [0.25, 0.3) is 0 Å². The largest absolute Gasteiger partial charge is 0.298 e. The Morgan fingerprint density at radius 2 is 1.65 bits per heavy atom. The van der Waals surface area contributed by atoms with Crippen molar-refractivity contribution in [3.05, 3.63) is 70.8 Å². The first-order valence-electron chi connectivity index (χ1n) is 5.38. The van der Waals surface area contributed by atoms with Crippen LogP contribution in [-0.2, 0) is 0 Å². The van der Waals surface area contributed by atoms with Gasteiger partial charge in [0, 0.05) is 16.7 Å². The monoisotopic (exact) mass is 224 g/mol. The van der Waals surface area contributed by atoms with Gasteiger partial charge in [-0.2, -0.15) is 0 Å². The third-order valence-electron chi connectivity index (χ3n) is 2.65. The summed E-state index contributed by atoms with van der Waals surface area (Å²) < 4.78 is 0. The quantitative estimate of drug-likeness (QED) is 0.593. The topological polar surface area (TPSA) is 34.1 Å². The highest BCUT2D eigenvalue weighted by molar-refractivity contribution is 6.12. The van der Waals surface area contributed by atoms with Gasteiger partial charge in [0.1, 0.15) is 0 Å². The lowest BCUT2D eigenvalue weighted by Crippen LogP contribution is -2.04. The van der Waals surface area contributed by atoms with E-state index in [9.17, 15) is 9.59 Å². The van der Waals surface area contributed by atoms with Gasteiger partial charge in [-0.3, -0.25) is 9.59 Å². The highest BCUT2D eigenvalue weighted by atomic mass is 16.1. The molecule has 2 heteroatoms. The molecule has 0 fully saturated rings. The van der Waals surface area contributed by atoms with Gasteiger partial charge in [0.15, 0.2) is 12.1 Å². The molecule has 0 amide bonds.